The van der Waals surface area contributed by atoms with Crippen LogP contribution in [0.5, 0.6) is 28.7 Å². The van der Waals surface area contributed by atoms with Gasteiger partial charge in [-0.15, -0.1) is 0 Å². The van der Waals surface area contributed by atoms with Gasteiger partial charge in [-0.25, -0.2) is 0 Å². The van der Waals surface area contributed by atoms with Crippen LogP contribution in [0.4, 0.5) is 17.1 Å². The van der Waals surface area contributed by atoms with Crippen molar-refractivity contribution in [2.24, 2.45) is 21.8 Å². The molecule has 3 aliphatic heterocycles. The van der Waals surface area contributed by atoms with Crippen LogP contribution in [0.25, 0.3) is 11.1 Å². The van der Waals surface area contributed by atoms with Crippen molar-refractivity contribution in [3.63, 3.8) is 0 Å². The number of hydrogen-bond donors (Lipinski definition) is 1. The van der Waals surface area contributed by atoms with Crippen LogP contribution in [-0.4, -0.2) is 75.1 Å². The highest BCUT2D eigenvalue weighted by Crippen LogP contribution is 2.44. The lowest BCUT2D eigenvalue weighted by Crippen LogP contribution is -2.32. The Morgan fingerprint density at radius 2 is 1.31 bits per heavy atom. The molecule has 3 atom stereocenters. The highest BCUT2D eigenvalue weighted by Gasteiger charge is 2.37. The van der Waals surface area contributed by atoms with E-state index in [1.54, 1.807) is 50.5 Å². The zero-order valence-electron chi connectivity index (χ0n) is 33.7. The van der Waals surface area contributed by atoms with E-state index in [0.717, 1.165) is 40.1 Å². The summed E-state index contributed by atoms with van der Waals surface area (Å²) >= 11 is 0. The fraction of sp³-hybridized carbons (Fsp3) is 0.319. The Labute approximate surface area is 339 Å². The zero-order chi connectivity index (χ0) is 40.6. The summed E-state index contributed by atoms with van der Waals surface area (Å²) in [5.41, 5.74) is 7.43. The second kappa shape index (κ2) is 15.9. The highest BCUT2D eigenvalue weighted by atomic mass is 16.5. The number of aliphatic imine (C=N–C) groups is 2. The van der Waals surface area contributed by atoms with Crippen LogP contribution in [-0.2, 0) is 0 Å². The third-order valence-electron chi connectivity index (χ3n) is 10.8. The molecule has 0 saturated carbocycles. The molecule has 298 valence electrons. The van der Waals surface area contributed by atoms with Gasteiger partial charge < -0.3 is 33.9 Å². The van der Waals surface area contributed by atoms with Gasteiger partial charge >= 0.3 is 0 Å². The Morgan fingerprint density at radius 3 is 1.95 bits per heavy atom. The van der Waals surface area contributed by atoms with E-state index in [0.29, 0.717) is 71.6 Å². The number of hydrogen-bond acceptors (Lipinski definition) is 10. The number of carbonyl (C=O) groups is 2. The van der Waals surface area contributed by atoms with Gasteiger partial charge in [0.1, 0.15) is 5.75 Å². The quantitative estimate of drug-likeness (QED) is 0.141. The van der Waals surface area contributed by atoms with E-state index in [4.69, 9.17) is 33.7 Å². The molecule has 4 aromatic rings. The first kappa shape index (κ1) is 38.5. The van der Waals surface area contributed by atoms with Crippen molar-refractivity contribution >= 4 is 52.3 Å². The average molecular weight is 781 g/mol. The Morgan fingerprint density at radius 1 is 0.707 bits per heavy atom. The van der Waals surface area contributed by atoms with E-state index >= 15 is 0 Å². The van der Waals surface area contributed by atoms with Crippen LogP contribution in [0, 0.1) is 11.8 Å². The summed E-state index contributed by atoms with van der Waals surface area (Å²) in [6.45, 7) is 7.03. The molecule has 1 unspecified atom stereocenters. The summed E-state index contributed by atoms with van der Waals surface area (Å²) < 4.78 is 29.0. The predicted octanol–water partition coefficient (Wildman–Crippen LogP) is 9.36. The van der Waals surface area contributed by atoms with Gasteiger partial charge in [-0.2, -0.15) is 0 Å². The lowest BCUT2D eigenvalue weighted by Gasteiger charge is -2.22. The van der Waals surface area contributed by atoms with Crippen molar-refractivity contribution in [3.8, 4) is 28.7 Å². The topological polar surface area (TPSA) is 120 Å². The van der Waals surface area contributed by atoms with E-state index in [-0.39, 0.29) is 35.1 Å². The average Bonchev–Trinajstić information content (AvgIpc) is 3.80. The molecule has 1 aliphatic carbocycles. The number of Topliss-reactive ketones (excluding diaryl/α,β-unsaturated/α-hetero) is 1. The van der Waals surface area contributed by atoms with Crippen molar-refractivity contribution in [1.29, 1.82) is 0 Å². The minimum Gasteiger partial charge on any atom is -0.497 e. The van der Waals surface area contributed by atoms with Crippen molar-refractivity contribution in [1.82, 2.24) is 4.90 Å². The molecule has 4 aliphatic rings. The SMILES string of the molecule is COc1ccc(C2=CN3C(=O)c4cc(OC)c(OCCCOc5cc6c(cc5OC)C(=O)C5C=C(c7ccc(NC(C)(C)C)cc7)C[C@H]5C=N6)cc4N=C[C@@H]3C2)cc1. The third-order valence-corrected chi connectivity index (χ3v) is 10.8. The van der Waals surface area contributed by atoms with Crippen molar-refractivity contribution in [3.05, 3.63) is 107 Å². The lowest BCUT2D eigenvalue weighted by molar-refractivity contribution is 0.0817. The molecule has 1 amide bonds. The van der Waals surface area contributed by atoms with E-state index in [2.05, 4.69) is 56.4 Å². The fourth-order valence-electron chi connectivity index (χ4n) is 7.90. The second-order valence-corrected chi connectivity index (χ2v) is 15.9. The number of ketones is 1. The summed E-state index contributed by atoms with van der Waals surface area (Å²) in [6.07, 6.45) is 9.65. The van der Waals surface area contributed by atoms with Crippen LogP contribution in [0.1, 0.15) is 71.9 Å². The predicted molar refractivity (Wildman–Crippen MR) is 227 cm³/mol. The van der Waals surface area contributed by atoms with Gasteiger partial charge in [-0.1, -0.05) is 30.3 Å². The molecule has 1 N–H and O–H groups in total. The molecule has 8 rings (SSSR count). The molecule has 11 heteroatoms. The van der Waals surface area contributed by atoms with Gasteiger partial charge in [-0.05, 0) is 85.9 Å². The van der Waals surface area contributed by atoms with E-state index < -0.39 is 0 Å². The number of carbonyl (C=O) groups excluding carboxylic acids is 2. The maximum atomic E-state index is 13.9. The number of rotatable bonds is 12. The molecule has 3 heterocycles. The van der Waals surface area contributed by atoms with Gasteiger partial charge in [0.25, 0.3) is 5.91 Å². The van der Waals surface area contributed by atoms with Gasteiger partial charge in [-0.3, -0.25) is 19.6 Å². The van der Waals surface area contributed by atoms with Crippen LogP contribution < -0.4 is 29.0 Å². The van der Waals surface area contributed by atoms with Gasteiger partial charge in [0.05, 0.1) is 57.5 Å². The minimum atomic E-state index is -0.304. The smallest absolute Gasteiger partial charge is 0.260 e. The molecule has 58 heavy (non-hydrogen) atoms. The Bertz CT molecular complexity index is 2360. The molecule has 0 fully saturated rings. The summed E-state index contributed by atoms with van der Waals surface area (Å²) in [6, 6.07) is 23.0. The van der Waals surface area contributed by atoms with Crippen LogP contribution in [0.15, 0.2) is 95.1 Å². The summed E-state index contributed by atoms with van der Waals surface area (Å²) in [5, 5.41) is 3.50. The summed E-state index contributed by atoms with van der Waals surface area (Å²) in [7, 11) is 4.75. The lowest BCUT2D eigenvalue weighted by atomic mass is 9.89. The van der Waals surface area contributed by atoms with Crippen molar-refractivity contribution in [2.45, 2.75) is 51.6 Å². The first-order valence-corrected chi connectivity index (χ1v) is 19.6. The monoisotopic (exact) mass is 780 g/mol. The number of amides is 1. The summed E-state index contributed by atoms with van der Waals surface area (Å²) in [4.78, 5) is 38.9. The summed E-state index contributed by atoms with van der Waals surface area (Å²) in [5.74, 6) is 2.20. The number of ether oxygens (including phenoxy) is 5. The number of benzene rings is 4. The molecule has 0 radical (unpaired) electrons. The normalized spacial score (nSPS) is 19.2. The second-order valence-electron chi connectivity index (χ2n) is 15.9. The number of methoxy groups -OCH3 is 3. The molecule has 4 aromatic carbocycles. The fourth-order valence-corrected chi connectivity index (χ4v) is 7.90. The van der Waals surface area contributed by atoms with Gasteiger partial charge in [0.15, 0.2) is 28.8 Å². The number of nitrogens with one attached hydrogen (secondary N) is 1. The Balaban J connectivity index is 0.896. The van der Waals surface area contributed by atoms with Crippen molar-refractivity contribution < 1.29 is 33.3 Å². The first-order chi connectivity index (χ1) is 28.0. The largest absolute Gasteiger partial charge is 0.497 e. The highest BCUT2D eigenvalue weighted by molar-refractivity contribution is 6.08. The molecule has 0 saturated heterocycles. The maximum Gasteiger partial charge on any atom is 0.260 e. The van der Waals surface area contributed by atoms with E-state index in [1.165, 1.54) is 0 Å². The number of allylic oxidation sites excluding steroid dienone is 2. The minimum absolute atomic E-state index is 0.0210. The number of fused-ring (bicyclic) bond motifs is 4. The molecular weight excluding hydrogens is 733 g/mol. The zero-order valence-corrected chi connectivity index (χ0v) is 33.7. The van der Waals surface area contributed by atoms with E-state index in [1.807, 2.05) is 42.9 Å². The molecule has 0 bridgehead atoms. The van der Waals surface area contributed by atoms with Crippen molar-refractivity contribution in [2.75, 3.05) is 39.9 Å². The number of nitrogens with zero attached hydrogens (tertiary/aromatic N) is 3. The van der Waals surface area contributed by atoms with Crippen LogP contribution >= 0.6 is 0 Å². The standard InChI is InChI=1S/C47H48N4O7/c1-47(2,3)50-33-12-8-28(9-13-33)30-18-31-25-48-39-23-43(41(55-5)21-37(39)45(52)36(31)20-30)57-16-7-17-58-44-24-40-38(22-42(44)56-6)46(53)51-27-32(19-34(51)26-49-40)29-10-14-35(54-4)15-11-29/h8-15,20-27,31,34,36,50H,7,16-19H2,1-6H3/t31-,34-,36?/m0/s1. The molecule has 0 aromatic heterocycles. The first-order valence-electron chi connectivity index (χ1n) is 19.6. The Kier molecular flexibility index (Phi) is 10.5. The molecule has 11 nitrogen and oxygen atoms in total. The van der Waals surface area contributed by atoms with Crippen LogP contribution in [0.2, 0.25) is 0 Å². The Hall–Kier alpha value is -6.36. The van der Waals surface area contributed by atoms with Gasteiger partial charge in [0, 0.05) is 72.2 Å². The van der Waals surface area contributed by atoms with Crippen LogP contribution in [0.3, 0.4) is 0 Å². The maximum absolute atomic E-state index is 13.9. The van der Waals surface area contributed by atoms with E-state index in [9.17, 15) is 9.59 Å². The molecular formula is C47H48N4O7. The molecule has 0 spiro atoms. The third kappa shape index (κ3) is 7.81. The van der Waals surface area contributed by atoms with Gasteiger partial charge in [0.2, 0.25) is 0 Å². The number of anilines is 1.